The van der Waals surface area contributed by atoms with Crippen LogP contribution in [0.1, 0.15) is 44.9 Å². The number of halogens is 2. The lowest BCUT2D eigenvalue weighted by atomic mass is 9.92. The maximum Gasteiger partial charge on any atom is 0.257 e. The van der Waals surface area contributed by atoms with E-state index in [2.05, 4.69) is 20.8 Å². The van der Waals surface area contributed by atoms with Gasteiger partial charge in [0.2, 0.25) is 5.91 Å². The molecule has 8 nitrogen and oxygen atoms in total. The monoisotopic (exact) mass is 447 g/mol. The Kier molecular flexibility index (Phi) is 6.90. The van der Waals surface area contributed by atoms with Crippen LogP contribution in [-0.2, 0) is 26.2 Å². The van der Waals surface area contributed by atoms with Gasteiger partial charge in [-0.2, -0.15) is 5.10 Å². The Labute approximate surface area is 184 Å². The fourth-order valence-corrected chi connectivity index (χ4v) is 3.44. The predicted molar refractivity (Wildman–Crippen MR) is 114 cm³/mol. The quantitative estimate of drug-likeness (QED) is 0.591. The fraction of sp³-hybridized carbons (Fsp3) is 0.455. The maximum atomic E-state index is 13.4. The number of likely N-dealkylation sites (tertiary alicyclic amines) is 1. The molecule has 0 bridgehead atoms. The number of nitrogens with zero attached hydrogens (tertiary/aromatic N) is 2. The van der Waals surface area contributed by atoms with Crippen molar-refractivity contribution >= 4 is 23.5 Å². The van der Waals surface area contributed by atoms with E-state index in [9.17, 15) is 23.2 Å². The second-order valence-corrected chi connectivity index (χ2v) is 8.89. The first kappa shape index (κ1) is 23.4. The molecule has 0 aliphatic carbocycles. The second-order valence-electron chi connectivity index (χ2n) is 8.89. The standard InChI is InChI=1S/C22H27F2N5O3/c1-22(2,3)16-12-17(28-27-16)25-20(31)19(21(32)29-6-4-5-7-29)26-18(30)10-13-8-14(23)11-15(24)9-13/h8-9,11-12,19H,4-7,10H2,1-3H3,(H,26,30)(H2,25,27,28,31). The molecule has 0 radical (unpaired) electrons. The van der Waals surface area contributed by atoms with Crippen molar-refractivity contribution in [3.05, 3.63) is 47.2 Å². The number of hydrogen-bond donors (Lipinski definition) is 3. The minimum atomic E-state index is -1.49. The molecule has 3 amide bonds. The van der Waals surface area contributed by atoms with E-state index in [1.165, 1.54) is 4.90 Å². The molecule has 2 aromatic rings. The Bertz CT molecular complexity index is 989. The van der Waals surface area contributed by atoms with Crippen LogP contribution in [0.3, 0.4) is 0 Å². The second kappa shape index (κ2) is 9.46. The van der Waals surface area contributed by atoms with Gasteiger partial charge in [0.25, 0.3) is 11.8 Å². The Morgan fingerprint density at radius 3 is 2.28 bits per heavy atom. The Morgan fingerprint density at radius 2 is 1.72 bits per heavy atom. The van der Waals surface area contributed by atoms with Crippen LogP contribution < -0.4 is 10.6 Å². The number of hydrogen-bond acceptors (Lipinski definition) is 4. The SMILES string of the molecule is CC(C)(C)c1cc(NC(=O)C(NC(=O)Cc2cc(F)cc(F)c2)C(=O)N2CCCC2)[nH]n1. The van der Waals surface area contributed by atoms with E-state index in [0.29, 0.717) is 30.7 Å². The van der Waals surface area contributed by atoms with Gasteiger partial charge in [-0.3, -0.25) is 19.5 Å². The minimum absolute atomic E-state index is 0.0937. The highest BCUT2D eigenvalue weighted by Gasteiger charge is 2.34. The highest BCUT2D eigenvalue weighted by atomic mass is 19.1. The molecular weight excluding hydrogens is 420 g/mol. The first-order valence-corrected chi connectivity index (χ1v) is 10.4. The molecule has 1 fully saturated rings. The summed E-state index contributed by atoms with van der Waals surface area (Å²) in [5.41, 5.74) is 0.558. The summed E-state index contributed by atoms with van der Waals surface area (Å²) >= 11 is 0. The predicted octanol–water partition coefficient (Wildman–Crippen LogP) is 2.27. The van der Waals surface area contributed by atoms with E-state index in [-0.39, 0.29) is 17.4 Å². The Balaban J connectivity index is 1.75. The number of benzene rings is 1. The molecule has 1 unspecified atom stereocenters. The Hall–Kier alpha value is -3.30. The van der Waals surface area contributed by atoms with Crippen molar-refractivity contribution in [2.45, 2.75) is 51.5 Å². The van der Waals surface area contributed by atoms with Gasteiger partial charge < -0.3 is 15.5 Å². The third-order valence-corrected chi connectivity index (χ3v) is 5.12. The van der Waals surface area contributed by atoms with E-state index >= 15 is 0 Å². The summed E-state index contributed by atoms with van der Waals surface area (Å²) in [6, 6.07) is 2.93. The van der Waals surface area contributed by atoms with Gasteiger partial charge >= 0.3 is 0 Å². The van der Waals surface area contributed by atoms with Gasteiger partial charge in [-0.25, -0.2) is 8.78 Å². The molecular formula is C22H27F2N5O3. The smallest absolute Gasteiger partial charge is 0.257 e. The molecule has 1 aliphatic heterocycles. The van der Waals surface area contributed by atoms with Crippen molar-refractivity contribution in [2.24, 2.45) is 0 Å². The largest absolute Gasteiger partial charge is 0.340 e. The lowest BCUT2D eigenvalue weighted by Gasteiger charge is -2.23. The van der Waals surface area contributed by atoms with Crippen LogP contribution in [0.5, 0.6) is 0 Å². The lowest BCUT2D eigenvalue weighted by molar-refractivity contribution is -0.139. The average Bonchev–Trinajstić information content (AvgIpc) is 3.36. The molecule has 1 atom stereocenters. The molecule has 3 rings (SSSR count). The number of carbonyl (C=O) groups is 3. The van der Waals surface area contributed by atoms with Gasteiger partial charge in [0, 0.05) is 30.6 Å². The normalized spacial score (nSPS) is 14.8. The van der Waals surface area contributed by atoms with Crippen LogP contribution in [0.2, 0.25) is 0 Å². The molecule has 2 heterocycles. The molecule has 32 heavy (non-hydrogen) atoms. The highest BCUT2D eigenvalue weighted by Crippen LogP contribution is 2.22. The summed E-state index contributed by atoms with van der Waals surface area (Å²) in [5, 5.41) is 11.9. The zero-order valence-corrected chi connectivity index (χ0v) is 18.3. The van der Waals surface area contributed by atoms with E-state index < -0.39 is 35.4 Å². The van der Waals surface area contributed by atoms with E-state index in [1.54, 1.807) is 6.07 Å². The summed E-state index contributed by atoms with van der Waals surface area (Å²) in [5.74, 6) is -3.31. The zero-order valence-electron chi connectivity index (χ0n) is 18.3. The van der Waals surface area contributed by atoms with Crippen LogP contribution in [0.25, 0.3) is 0 Å². The van der Waals surface area contributed by atoms with Crippen LogP contribution in [0, 0.1) is 11.6 Å². The number of anilines is 1. The summed E-state index contributed by atoms with van der Waals surface area (Å²) < 4.78 is 26.8. The van der Waals surface area contributed by atoms with E-state index in [1.807, 2.05) is 20.8 Å². The average molecular weight is 447 g/mol. The number of aromatic nitrogens is 2. The van der Waals surface area contributed by atoms with E-state index in [4.69, 9.17) is 0 Å². The third kappa shape index (κ3) is 5.89. The molecule has 0 saturated carbocycles. The number of rotatable bonds is 6. The van der Waals surface area contributed by atoms with Gasteiger partial charge in [0.05, 0.1) is 12.1 Å². The van der Waals surface area contributed by atoms with Crippen molar-refractivity contribution in [1.29, 1.82) is 0 Å². The van der Waals surface area contributed by atoms with Gasteiger partial charge in [-0.15, -0.1) is 0 Å². The van der Waals surface area contributed by atoms with Crippen molar-refractivity contribution in [2.75, 3.05) is 18.4 Å². The summed E-state index contributed by atoms with van der Waals surface area (Å²) in [7, 11) is 0. The Morgan fingerprint density at radius 1 is 1.09 bits per heavy atom. The van der Waals surface area contributed by atoms with Crippen LogP contribution >= 0.6 is 0 Å². The molecule has 10 heteroatoms. The van der Waals surface area contributed by atoms with Gasteiger partial charge in [0.1, 0.15) is 17.5 Å². The molecule has 1 saturated heterocycles. The van der Waals surface area contributed by atoms with Gasteiger partial charge in [0.15, 0.2) is 6.04 Å². The summed E-state index contributed by atoms with van der Waals surface area (Å²) in [6.07, 6.45) is 1.24. The number of carbonyl (C=O) groups excluding carboxylic acids is 3. The van der Waals surface area contributed by atoms with Gasteiger partial charge in [-0.1, -0.05) is 20.8 Å². The first-order chi connectivity index (χ1) is 15.0. The third-order valence-electron chi connectivity index (χ3n) is 5.12. The molecule has 3 N–H and O–H groups in total. The molecule has 1 aliphatic rings. The fourth-order valence-electron chi connectivity index (χ4n) is 3.44. The van der Waals surface area contributed by atoms with Crippen molar-refractivity contribution < 1.29 is 23.2 Å². The van der Waals surface area contributed by atoms with Crippen molar-refractivity contribution in [3.8, 4) is 0 Å². The zero-order chi connectivity index (χ0) is 23.5. The minimum Gasteiger partial charge on any atom is -0.340 e. The van der Waals surface area contributed by atoms with Crippen molar-refractivity contribution in [1.82, 2.24) is 20.4 Å². The molecule has 1 aromatic heterocycles. The lowest BCUT2D eigenvalue weighted by Crippen LogP contribution is -2.54. The number of nitrogens with one attached hydrogen (secondary N) is 3. The molecule has 0 spiro atoms. The van der Waals surface area contributed by atoms with Crippen LogP contribution in [0.4, 0.5) is 14.6 Å². The van der Waals surface area contributed by atoms with Crippen LogP contribution in [-0.4, -0.2) is 52.0 Å². The highest BCUT2D eigenvalue weighted by molar-refractivity contribution is 6.11. The molecule has 172 valence electrons. The van der Waals surface area contributed by atoms with E-state index in [0.717, 1.165) is 25.0 Å². The van der Waals surface area contributed by atoms with Crippen molar-refractivity contribution in [3.63, 3.8) is 0 Å². The topological polar surface area (TPSA) is 107 Å². The first-order valence-electron chi connectivity index (χ1n) is 10.4. The number of aromatic amines is 1. The molecule has 1 aromatic carbocycles. The number of amides is 3. The van der Waals surface area contributed by atoms with Crippen LogP contribution in [0.15, 0.2) is 24.3 Å². The van der Waals surface area contributed by atoms with Gasteiger partial charge in [-0.05, 0) is 30.5 Å². The number of H-pyrrole nitrogens is 1. The summed E-state index contributed by atoms with van der Waals surface area (Å²) in [6.45, 7) is 6.87. The maximum absolute atomic E-state index is 13.4. The summed E-state index contributed by atoms with van der Waals surface area (Å²) in [4.78, 5) is 39.9.